The summed E-state index contributed by atoms with van der Waals surface area (Å²) in [6.45, 7) is 2.76. The Bertz CT molecular complexity index is 668. The molecule has 0 spiro atoms. The van der Waals surface area contributed by atoms with Gasteiger partial charge in [0.1, 0.15) is 25.7 Å². The Morgan fingerprint density at radius 2 is 1.90 bits per heavy atom. The SMILES string of the molecule is CCCC/C=C/CCCCCC(=O)C1=NCC[N+]1(CCO)CC(O)CS(=O)(=O)[O-].[Na+]. The van der Waals surface area contributed by atoms with Gasteiger partial charge in [0, 0.05) is 6.42 Å². The Hall–Kier alpha value is -0.130. The Balaban J connectivity index is 0.00000841. The molecule has 0 aromatic carbocycles. The third-order valence-electron chi connectivity index (χ3n) is 5.14. The summed E-state index contributed by atoms with van der Waals surface area (Å²) in [5.74, 6) is -0.765. The summed E-state index contributed by atoms with van der Waals surface area (Å²) in [4.78, 5) is 17.0. The van der Waals surface area contributed by atoms with Crippen LogP contribution in [0.5, 0.6) is 0 Å². The Labute approximate surface area is 203 Å². The van der Waals surface area contributed by atoms with Crippen molar-refractivity contribution in [2.24, 2.45) is 4.99 Å². The smallest absolute Gasteiger partial charge is 0.748 e. The second-order valence-electron chi connectivity index (χ2n) is 7.72. The zero-order chi connectivity index (χ0) is 21.8. The Morgan fingerprint density at radius 1 is 1.23 bits per heavy atom. The van der Waals surface area contributed by atoms with E-state index in [-0.39, 0.29) is 65.4 Å². The zero-order valence-electron chi connectivity index (χ0n) is 18.5. The van der Waals surface area contributed by atoms with Crippen molar-refractivity contribution in [2.75, 3.05) is 38.5 Å². The number of unbranched alkanes of at least 4 members (excludes halogenated alkanes) is 5. The van der Waals surface area contributed by atoms with Gasteiger partial charge in [-0.1, -0.05) is 38.3 Å². The van der Waals surface area contributed by atoms with Gasteiger partial charge in [-0.2, -0.15) is 0 Å². The first-order valence-electron chi connectivity index (χ1n) is 10.6. The number of carbonyl (C=O) groups excluding carboxylic acids is 1. The zero-order valence-corrected chi connectivity index (χ0v) is 21.3. The van der Waals surface area contributed by atoms with Gasteiger partial charge in [0.05, 0.1) is 29.0 Å². The molecule has 0 fully saturated rings. The van der Waals surface area contributed by atoms with Gasteiger partial charge in [0.15, 0.2) is 0 Å². The summed E-state index contributed by atoms with van der Waals surface area (Å²) in [6.07, 6.45) is 10.5. The molecule has 0 aromatic rings. The number of carbonyl (C=O) groups is 1. The van der Waals surface area contributed by atoms with E-state index < -0.39 is 22.0 Å². The van der Waals surface area contributed by atoms with Crippen LogP contribution in [0.4, 0.5) is 0 Å². The normalized spacial score (nSPS) is 20.2. The fourth-order valence-electron chi connectivity index (χ4n) is 3.72. The molecule has 2 atom stereocenters. The predicted octanol–water partition coefficient (Wildman–Crippen LogP) is -1.62. The van der Waals surface area contributed by atoms with Crippen LogP contribution < -0.4 is 29.6 Å². The molecule has 8 nitrogen and oxygen atoms in total. The van der Waals surface area contributed by atoms with Crippen molar-refractivity contribution in [3.8, 4) is 0 Å². The second-order valence-corrected chi connectivity index (χ2v) is 9.17. The maximum absolute atomic E-state index is 12.7. The van der Waals surface area contributed by atoms with Gasteiger partial charge < -0.3 is 14.8 Å². The fraction of sp³-hybridized carbons (Fsp3) is 0.800. The number of nitrogens with zero attached hydrogens (tertiary/aromatic N) is 2. The molecule has 0 aliphatic carbocycles. The van der Waals surface area contributed by atoms with Gasteiger partial charge >= 0.3 is 29.6 Å². The average molecular weight is 456 g/mol. The van der Waals surface area contributed by atoms with Gasteiger partial charge in [0.2, 0.25) is 5.78 Å². The average Bonchev–Trinajstić information content (AvgIpc) is 3.01. The van der Waals surface area contributed by atoms with Crippen molar-refractivity contribution in [1.82, 2.24) is 0 Å². The summed E-state index contributed by atoms with van der Waals surface area (Å²) in [5.41, 5.74) is 0. The van der Waals surface area contributed by atoms with Gasteiger partial charge in [-0.25, -0.2) is 13.4 Å². The van der Waals surface area contributed by atoms with Crippen LogP contribution in [0.1, 0.15) is 58.3 Å². The van der Waals surface area contributed by atoms with Gasteiger partial charge in [0.25, 0.3) is 5.84 Å². The van der Waals surface area contributed by atoms with Crippen molar-refractivity contribution < 1.29 is 62.0 Å². The standard InChI is InChI=1S/C20H36N2O6S.Na/c1-2-3-4-5-6-7-8-9-10-11-19(25)20-21-12-13-22(20,14-15-23)16-18(24)17-29(26,27)28;/h5-6,18,23-24H,2-4,7-17H2,1H3;/q;+1/b6-5+;. The Kier molecular flexibility index (Phi) is 15.6. The van der Waals surface area contributed by atoms with Crippen LogP contribution >= 0.6 is 0 Å². The summed E-state index contributed by atoms with van der Waals surface area (Å²) < 4.78 is 32.7. The molecule has 0 aromatic heterocycles. The van der Waals surface area contributed by atoms with Crippen molar-refractivity contribution >= 4 is 21.7 Å². The minimum Gasteiger partial charge on any atom is -0.748 e. The van der Waals surface area contributed by atoms with Gasteiger partial charge in [-0.3, -0.25) is 9.28 Å². The monoisotopic (exact) mass is 455 g/mol. The minimum absolute atomic E-state index is 0. The van der Waals surface area contributed by atoms with Crippen LogP contribution in [0, 0.1) is 0 Å². The fourth-order valence-corrected chi connectivity index (χ4v) is 4.30. The molecule has 0 saturated carbocycles. The molecule has 30 heavy (non-hydrogen) atoms. The predicted molar refractivity (Wildman–Crippen MR) is 112 cm³/mol. The van der Waals surface area contributed by atoms with Crippen LogP contribution in [-0.2, 0) is 14.9 Å². The van der Waals surface area contributed by atoms with E-state index in [1.54, 1.807) is 0 Å². The molecule has 1 aliphatic heterocycles. The number of ketones is 1. The maximum atomic E-state index is 12.7. The van der Waals surface area contributed by atoms with Crippen LogP contribution in [0.15, 0.2) is 17.1 Å². The number of amidine groups is 1. The van der Waals surface area contributed by atoms with Crippen LogP contribution in [0.3, 0.4) is 0 Å². The van der Waals surface area contributed by atoms with Crippen LogP contribution in [-0.4, -0.2) is 83.9 Å². The van der Waals surface area contributed by atoms with Gasteiger partial charge in [-0.15, -0.1) is 0 Å². The summed E-state index contributed by atoms with van der Waals surface area (Å²) >= 11 is 0. The third kappa shape index (κ3) is 11.5. The first-order chi connectivity index (χ1) is 13.7. The first kappa shape index (κ1) is 29.9. The first-order valence-corrected chi connectivity index (χ1v) is 12.1. The number of quaternary nitrogens is 1. The molecule has 1 rings (SSSR count). The number of hydrogen-bond acceptors (Lipinski definition) is 7. The third-order valence-corrected chi connectivity index (χ3v) is 5.93. The molecule has 0 saturated heterocycles. The van der Waals surface area contributed by atoms with E-state index in [4.69, 9.17) is 0 Å². The maximum Gasteiger partial charge on any atom is 1.00 e. The van der Waals surface area contributed by atoms with E-state index in [1.807, 2.05) is 0 Å². The number of Topliss-reactive ketones (excluding diaryl/α,β-unsaturated/α-hetero) is 1. The van der Waals surface area contributed by atoms with E-state index in [0.717, 1.165) is 32.1 Å². The Morgan fingerprint density at radius 3 is 2.50 bits per heavy atom. The number of allylic oxidation sites excluding steroid dienone is 2. The van der Waals surface area contributed by atoms with Crippen LogP contribution in [0.2, 0.25) is 0 Å². The molecular weight excluding hydrogens is 419 g/mol. The quantitative estimate of drug-likeness (QED) is 0.0947. The molecule has 0 bridgehead atoms. The summed E-state index contributed by atoms with van der Waals surface area (Å²) in [6, 6.07) is 0. The van der Waals surface area contributed by atoms with E-state index in [2.05, 4.69) is 24.1 Å². The molecular formula is C20H36N2NaO6S+. The molecule has 1 heterocycles. The van der Waals surface area contributed by atoms with E-state index in [0.29, 0.717) is 19.5 Å². The second kappa shape index (κ2) is 15.6. The van der Waals surface area contributed by atoms with E-state index in [9.17, 15) is 28.0 Å². The topological polar surface area (TPSA) is 127 Å². The van der Waals surface area contributed by atoms with Crippen molar-refractivity contribution in [1.29, 1.82) is 0 Å². The van der Waals surface area contributed by atoms with Crippen LogP contribution in [0.25, 0.3) is 0 Å². The number of hydrogen-bond donors (Lipinski definition) is 2. The molecule has 2 N–H and O–H groups in total. The minimum atomic E-state index is -4.58. The number of aliphatic imine (C=N–C) groups is 1. The van der Waals surface area contributed by atoms with Crippen molar-refractivity contribution in [3.05, 3.63) is 12.2 Å². The van der Waals surface area contributed by atoms with E-state index in [1.165, 1.54) is 12.8 Å². The summed E-state index contributed by atoms with van der Waals surface area (Å²) in [5, 5.41) is 19.5. The molecule has 10 heteroatoms. The number of aliphatic hydroxyl groups excluding tert-OH is 2. The molecule has 0 amide bonds. The van der Waals surface area contributed by atoms with Crippen molar-refractivity contribution in [3.63, 3.8) is 0 Å². The van der Waals surface area contributed by atoms with Crippen molar-refractivity contribution in [2.45, 2.75) is 64.4 Å². The van der Waals surface area contributed by atoms with E-state index >= 15 is 0 Å². The molecule has 2 unspecified atom stereocenters. The van der Waals surface area contributed by atoms with Gasteiger partial charge in [-0.05, 0) is 25.7 Å². The largest absolute Gasteiger partial charge is 1.00 e. The number of aliphatic hydroxyl groups is 2. The summed E-state index contributed by atoms with van der Waals surface area (Å²) in [7, 11) is -4.58. The molecule has 0 radical (unpaired) electrons. The molecule has 168 valence electrons. The number of rotatable bonds is 16. The molecule has 1 aliphatic rings.